The molecule has 0 saturated carbocycles. The van der Waals surface area contributed by atoms with E-state index >= 15 is 0 Å². The number of hydrogen-bond acceptors (Lipinski definition) is 6. The van der Waals surface area contributed by atoms with Gasteiger partial charge >= 0.3 is 0 Å². The van der Waals surface area contributed by atoms with Crippen LogP contribution < -0.4 is 0 Å². The second-order valence-corrected chi connectivity index (χ2v) is 8.75. The number of hydrogen-bond donors (Lipinski definition) is 0. The number of nitrogens with zero attached hydrogens (tertiary/aromatic N) is 2. The van der Waals surface area contributed by atoms with Crippen molar-refractivity contribution in [2.45, 2.75) is 39.0 Å². The van der Waals surface area contributed by atoms with E-state index in [4.69, 9.17) is 4.52 Å². The van der Waals surface area contributed by atoms with E-state index in [1.807, 2.05) is 20.8 Å². The minimum absolute atomic E-state index is 0.00126. The second-order valence-electron chi connectivity index (χ2n) is 5.53. The fourth-order valence-corrected chi connectivity index (χ4v) is 5.48. The molecule has 1 aromatic rings. The van der Waals surface area contributed by atoms with Gasteiger partial charge in [-0.1, -0.05) is 5.16 Å². The maximum Gasteiger partial charge on any atom is 0.232 e. The van der Waals surface area contributed by atoms with E-state index in [-0.39, 0.29) is 23.5 Å². The van der Waals surface area contributed by atoms with Gasteiger partial charge < -0.3 is 9.42 Å². The quantitative estimate of drug-likeness (QED) is 0.778. The molecule has 6 nitrogen and oxygen atoms in total. The SMILES string of the molecule is CCN(C(=O)CSCc1c(C)noc1C)[C@H]1CCS(=O)(=O)C1. The predicted octanol–water partition coefficient (Wildman–Crippen LogP) is 1.56. The summed E-state index contributed by atoms with van der Waals surface area (Å²) in [6.45, 7) is 6.18. The summed E-state index contributed by atoms with van der Waals surface area (Å²) in [6, 6.07) is -0.165. The molecule has 0 spiro atoms. The molecule has 1 aliphatic rings. The molecule has 2 heterocycles. The first-order valence-electron chi connectivity index (χ1n) is 7.33. The highest BCUT2D eigenvalue weighted by atomic mass is 32.2. The van der Waals surface area contributed by atoms with E-state index < -0.39 is 9.84 Å². The number of carbonyl (C=O) groups excluding carboxylic acids is 1. The average molecular weight is 346 g/mol. The topological polar surface area (TPSA) is 80.5 Å². The third kappa shape index (κ3) is 4.04. The molecule has 124 valence electrons. The highest BCUT2D eigenvalue weighted by Crippen LogP contribution is 2.22. The van der Waals surface area contributed by atoms with Crippen molar-refractivity contribution >= 4 is 27.5 Å². The maximum atomic E-state index is 12.3. The Kier molecular flexibility index (Phi) is 5.55. The molecule has 0 radical (unpaired) electrons. The highest BCUT2D eigenvalue weighted by molar-refractivity contribution is 7.99. The van der Waals surface area contributed by atoms with Gasteiger partial charge in [0.1, 0.15) is 5.76 Å². The van der Waals surface area contributed by atoms with Crippen LogP contribution in [0.25, 0.3) is 0 Å². The molecule has 1 atom stereocenters. The zero-order valence-corrected chi connectivity index (χ0v) is 14.8. The summed E-state index contributed by atoms with van der Waals surface area (Å²) < 4.78 is 28.2. The van der Waals surface area contributed by atoms with Crippen molar-refractivity contribution < 1.29 is 17.7 Å². The van der Waals surface area contributed by atoms with Crippen molar-refractivity contribution in [2.75, 3.05) is 23.8 Å². The molecule has 1 saturated heterocycles. The number of thioether (sulfide) groups is 1. The van der Waals surface area contributed by atoms with Crippen LogP contribution in [-0.4, -0.2) is 54.2 Å². The Hall–Kier alpha value is -1.02. The molecule has 1 amide bonds. The number of amides is 1. The lowest BCUT2D eigenvalue weighted by Gasteiger charge is -2.26. The lowest BCUT2D eigenvalue weighted by atomic mass is 10.2. The number of aryl methyl sites for hydroxylation is 2. The number of carbonyl (C=O) groups is 1. The third-order valence-corrected chi connectivity index (χ3v) is 6.66. The Morgan fingerprint density at radius 1 is 1.45 bits per heavy atom. The van der Waals surface area contributed by atoms with Gasteiger partial charge in [-0.15, -0.1) is 11.8 Å². The fourth-order valence-electron chi connectivity index (χ4n) is 2.69. The summed E-state index contributed by atoms with van der Waals surface area (Å²) in [5.74, 6) is 2.09. The first-order chi connectivity index (χ1) is 10.3. The van der Waals surface area contributed by atoms with E-state index in [0.717, 1.165) is 17.0 Å². The van der Waals surface area contributed by atoms with Crippen LogP contribution in [0.15, 0.2) is 4.52 Å². The van der Waals surface area contributed by atoms with E-state index in [9.17, 15) is 13.2 Å². The average Bonchev–Trinajstić information content (AvgIpc) is 2.95. The largest absolute Gasteiger partial charge is 0.361 e. The normalized spacial score (nSPS) is 20.2. The molecule has 22 heavy (non-hydrogen) atoms. The Morgan fingerprint density at radius 2 is 2.18 bits per heavy atom. The van der Waals surface area contributed by atoms with Gasteiger partial charge in [-0.25, -0.2) is 8.42 Å². The van der Waals surface area contributed by atoms with Gasteiger partial charge in [0.15, 0.2) is 9.84 Å². The van der Waals surface area contributed by atoms with E-state index in [0.29, 0.717) is 24.5 Å². The minimum atomic E-state index is -2.97. The number of aromatic nitrogens is 1. The zero-order valence-electron chi connectivity index (χ0n) is 13.2. The molecule has 0 aromatic carbocycles. The highest BCUT2D eigenvalue weighted by Gasteiger charge is 2.33. The Balaban J connectivity index is 1.88. The van der Waals surface area contributed by atoms with Gasteiger partial charge in [0.05, 0.1) is 23.0 Å². The first kappa shape index (κ1) is 17.3. The molecule has 0 aliphatic carbocycles. The van der Waals surface area contributed by atoms with Crippen LogP contribution in [0, 0.1) is 13.8 Å². The Labute approximate surface area is 135 Å². The minimum Gasteiger partial charge on any atom is -0.361 e. The van der Waals surface area contributed by atoms with Crippen LogP contribution in [0.5, 0.6) is 0 Å². The summed E-state index contributed by atoms with van der Waals surface area (Å²) in [7, 11) is -2.97. The first-order valence-corrected chi connectivity index (χ1v) is 10.3. The molecule has 2 rings (SSSR count). The molecule has 0 bridgehead atoms. The molecule has 1 aromatic heterocycles. The summed E-state index contributed by atoms with van der Waals surface area (Å²) in [6.07, 6.45) is 0.552. The van der Waals surface area contributed by atoms with Gasteiger partial charge in [-0.3, -0.25) is 4.79 Å². The van der Waals surface area contributed by atoms with E-state index in [1.165, 1.54) is 11.8 Å². The zero-order chi connectivity index (χ0) is 16.3. The smallest absolute Gasteiger partial charge is 0.232 e. The predicted molar refractivity (Wildman–Crippen MR) is 86.6 cm³/mol. The van der Waals surface area contributed by atoms with Crippen molar-refractivity contribution in [1.82, 2.24) is 10.1 Å². The van der Waals surface area contributed by atoms with Gasteiger partial charge in [-0.2, -0.15) is 0 Å². The molecule has 1 fully saturated rings. The van der Waals surface area contributed by atoms with Gasteiger partial charge in [0.25, 0.3) is 0 Å². The number of sulfone groups is 1. The van der Waals surface area contributed by atoms with Gasteiger partial charge in [0, 0.05) is 23.9 Å². The lowest BCUT2D eigenvalue weighted by Crippen LogP contribution is -2.41. The molecular formula is C14H22N2O4S2. The lowest BCUT2D eigenvalue weighted by molar-refractivity contribution is -0.129. The van der Waals surface area contributed by atoms with Crippen molar-refractivity contribution in [3.05, 3.63) is 17.0 Å². The fraction of sp³-hybridized carbons (Fsp3) is 0.714. The van der Waals surface area contributed by atoms with Crippen LogP contribution in [0.1, 0.15) is 30.4 Å². The molecule has 8 heteroatoms. The Bertz CT molecular complexity index is 620. The molecule has 0 N–H and O–H groups in total. The summed E-state index contributed by atoms with van der Waals surface area (Å²) in [4.78, 5) is 14.0. The monoisotopic (exact) mass is 346 g/mol. The van der Waals surface area contributed by atoms with Gasteiger partial charge in [0.2, 0.25) is 5.91 Å². The van der Waals surface area contributed by atoms with Crippen molar-refractivity contribution in [2.24, 2.45) is 0 Å². The van der Waals surface area contributed by atoms with Crippen molar-refractivity contribution in [3.63, 3.8) is 0 Å². The third-order valence-electron chi connectivity index (χ3n) is 3.96. The number of rotatable bonds is 6. The molecular weight excluding hydrogens is 324 g/mol. The summed E-state index contributed by atoms with van der Waals surface area (Å²) in [5.41, 5.74) is 1.89. The van der Waals surface area contributed by atoms with Crippen LogP contribution in [0.3, 0.4) is 0 Å². The van der Waals surface area contributed by atoms with Crippen LogP contribution >= 0.6 is 11.8 Å². The molecule has 0 unspecified atom stereocenters. The van der Waals surface area contributed by atoms with Crippen LogP contribution in [0.4, 0.5) is 0 Å². The van der Waals surface area contributed by atoms with Crippen LogP contribution in [0.2, 0.25) is 0 Å². The maximum absolute atomic E-state index is 12.3. The molecule has 1 aliphatic heterocycles. The van der Waals surface area contributed by atoms with Crippen LogP contribution in [-0.2, 0) is 20.4 Å². The van der Waals surface area contributed by atoms with Gasteiger partial charge in [-0.05, 0) is 27.2 Å². The Morgan fingerprint density at radius 3 is 2.68 bits per heavy atom. The van der Waals surface area contributed by atoms with E-state index in [1.54, 1.807) is 4.90 Å². The second kappa shape index (κ2) is 7.04. The van der Waals surface area contributed by atoms with Crippen molar-refractivity contribution in [3.8, 4) is 0 Å². The van der Waals surface area contributed by atoms with E-state index in [2.05, 4.69) is 5.16 Å². The summed E-state index contributed by atoms with van der Waals surface area (Å²) >= 11 is 1.51. The van der Waals surface area contributed by atoms with Crippen molar-refractivity contribution in [1.29, 1.82) is 0 Å². The summed E-state index contributed by atoms with van der Waals surface area (Å²) in [5, 5.41) is 3.89. The standard InChI is InChI=1S/C14H22N2O4S2/c1-4-16(12-5-6-22(18,19)9-12)14(17)8-21-7-13-10(2)15-20-11(13)3/h12H,4-9H2,1-3H3/t12-/m0/s1.